The van der Waals surface area contributed by atoms with E-state index in [4.69, 9.17) is 9.72 Å². The van der Waals surface area contributed by atoms with Gasteiger partial charge in [-0.25, -0.2) is 19.3 Å². The first-order valence-electron chi connectivity index (χ1n) is 10.0. The smallest absolute Gasteiger partial charge is 0.219 e. The molecular weight excluding hydrogens is 405 g/mol. The summed E-state index contributed by atoms with van der Waals surface area (Å²) in [5, 5.41) is 4.32. The third-order valence-corrected chi connectivity index (χ3v) is 4.80. The molecular formula is C25H18FN5O. The van der Waals surface area contributed by atoms with Crippen molar-refractivity contribution in [2.75, 3.05) is 5.32 Å². The Labute approximate surface area is 183 Å². The van der Waals surface area contributed by atoms with Gasteiger partial charge in [0.1, 0.15) is 17.4 Å². The third kappa shape index (κ3) is 4.37. The van der Waals surface area contributed by atoms with Crippen LogP contribution in [-0.4, -0.2) is 19.9 Å². The molecule has 0 spiro atoms. The Morgan fingerprint density at radius 3 is 2.62 bits per heavy atom. The number of nitrogens with one attached hydrogen (secondary N) is 1. The van der Waals surface area contributed by atoms with E-state index in [9.17, 15) is 4.39 Å². The fraction of sp³-hybridized carbons (Fsp3) is 0.0400. The van der Waals surface area contributed by atoms with E-state index in [2.05, 4.69) is 20.3 Å². The zero-order valence-corrected chi connectivity index (χ0v) is 16.9. The van der Waals surface area contributed by atoms with Gasteiger partial charge in [0.05, 0.1) is 5.52 Å². The van der Waals surface area contributed by atoms with Crippen LogP contribution >= 0.6 is 0 Å². The fourth-order valence-electron chi connectivity index (χ4n) is 3.25. The third-order valence-electron chi connectivity index (χ3n) is 4.80. The molecule has 0 aliphatic heterocycles. The zero-order chi connectivity index (χ0) is 21.8. The molecule has 5 rings (SSSR count). The molecule has 1 N–H and O–H groups in total. The molecule has 0 bridgehead atoms. The van der Waals surface area contributed by atoms with Crippen molar-refractivity contribution < 1.29 is 9.13 Å². The minimum absolute atomic E-state index is 0.356. The zero-order valence-electron chi connectivity index (χ0n) is 16.9. The number of fused-ring (bicyclic) bond motifs is 1. The minimum Gasteiger partial charge on any atom is -0.439 e. The van der Waals surface area contributed by atoms with Gasteiger partial charge in [0.15, 0.2) is 5.82 Å². The van der Waals surface area contributed by atoms with Crippen LogP contribution in [0.25, 0.3) is 22.3 Å². The van der Waals surface area contributed by atoms with Crippen molar-refractivity contribution in [3.63, 3.8) is 0 Å². The van der Waals surface area contributed by atoms with Crippen LogP contribution in [0.1, 0.15) is 5.56 Å². The molecule has 3 aromatic heterocycles. The van der Waals surface area contributed by atoms with Gasteiger partial charge in [-0.3, -0.25) is 4.98 Å². The molecule has 3 heterocycles. The van der Waals surface area contributed by atoms with Gasteiger partial charge >= 0.3 is 0 Å². The van der Waals surface area contributed by atoms with Gasteiger partial charge in [-0.2, -0.15) is 0 Å². The molecule has 32 heavy (non-hydrogen) atoms. The van der Waals surface area contributed by atoms with Crippen molar-refractivity contribution in [3.05, 3.63) is 103 Å². The van der Waals surface area contributed by atoms with Crippen molar-refractivity contribution in [2.45, 2.75) is 6.54 Å². The molecule has 0 fully saturated rings. The molecule has 2 aromatic carbocycles. The number of aromatic nitrogens is 4. The summed E-state index contributed by atoms with van der Waals surface area (Å²) in [6.45, 7) is 0.515. The normalized spacial score (nSPS) is 10.8. The van der Waals surface area contributed by atoms with Crippen LogP contribution in [0.3, 0.4) is 0 Å². The minimum atomic E-state index is -0.356. The first-order valence-corrected chi connectivity index (χ1v) is 10.0. The van der Waals surface area contributed by atoms with Crippen LogP contribution in [0.15, 0.2) is 91.4 Å². The quantitative estimate of drug-likeness (QED) is 0.382. The average Bonchev–Trinajstić information content (AvgIpc) is 2.84. The van der Waals surface area contributed by atoms with Crippen molar-refractivity contribution in [3.8, 4) is 23.0 Å². The maximum atomic E-state index is 13.3. The van der Waals surface area contributed by atoms with Crippen LogP contribution in [-0.2, 0) is 6.54 Å². The maximum absolute atomic E-state index is 13.3. The Kier molecular flexibility index (Phi) is 5.36. The van der Waals surface area contributed by atoms with Gasteiger partial charge in [0.2, 0.25) is 5.88 Å². The summed E-state index contributed by atoms with van der Waals surface area (Å²) in [5.41, 5.74) is 2.64. The van der Waals surface area contributed by atoms with Crippen LogP contribution in [0, 0.1) is 5.82 Å². The predicted octanol–water partition coefficient (Wildman–Crippen LogP) is 5.63. The number of hydrogen-bond acceptors (Lipinski definition) is 6. The lowest BCUT2D eigenvalue weighted by Gasteiger charge is -2.11. The lowest BCUT2D eigenvalue weighted by molar-refractivity contribution is 0.458. The number of nitrogens with zero attached hydrogens (tertiary/aromatic N) is 4. The van der Waals surface area contributed by atoms with Gasteiger partial charge in [0, 0.05) is 48.2 Å². The van der Waals surface area contributed by atoms with Gasteiger partial charge in [-0.1, -0.05) is 24.3 Å². The Balaban J connectivity index is 1.35. The highest BCUT2D eigenvalue weighted by molar-refractivity contribution is 5.90. The Morgan fingerprint density at radius 2 is 1.81 bits per heavy atom. The Morgan fingerprint density at radius 1 is 0.875 bits per heavy atom. The highest BCUT2D eigenvalue weighted by atomic mass is 19.1. The summed E-state index contributed by atoms with van der Waals surface area (Å²) in [6.07, 6.45) is 5.18. The van der Waals surface area contributed by atoms with E-state index in [-0.39, 0.29) is 5.82 Å². The van der Waals surface area contributed by atoms with Crippen LogP contribution in [0.2, 0.25) is 0 Å². The van der Waals surface area contributed by atoms with E-state index >= 15 is 0 Å². The number of rotatable bonds is 6. The number of pyridine rings is 2. The molecule has 5 aromatic rings. The van der Waals surface area contributed by atoms with Crippen molar-refractivity contribution in [1.82, 2.24) is 19.9 Å². The summed E-state index contributed by atoms with van der Waals surface area (Å²) < 4.78 is 18.9. The second-order valence-electron chi connectivity index (χ2n) is 7.07. The second-order valence-corrected chi connectivity index (χ2v) is 7.07. The van der Waals surface area contributed by atoms with E-state index in [1.165, 1.54) is 12.1 Å². The monoisotopic (exact) mass is 423 g/mol. The lowest BCUT2D eigenvalue weighted by atomic mass is 10.2. The van der Waals surface area contributed by atoms with Crippen LogP contribution in [0.5, 0.6) is 11.6 Å². The summed E-state index contributed by atoms with van der Waals surface area (Å²) in [4.78, 5) is 17.9. The van der Waals surface area contributed by atoms with Gasteiger partial charge in [-0.15, -0.1) is 0 Å². The number of anilines is 1. The highest BCUT2D eigenvalue weighted by Crippen LogP contribution is 2.25. The molecule has 7 heteroatoms. The van der Waals surface area contributed by atoms with Gasteiger partial charge in [0.25, 0.3) is 0 Å². The number of para-hydroxylation sites is 1. The maximum Gasteiger partial charge on any atom is 0.219 e. The van der Waals surface area contributed by atoms with Crippen molar-refractivity contribution >= 4 is 16.7 Å². The topological polar surface area (TPSA) is 72.8 Å². The number of halogens is 1. The predicted molar refractivity (Wildman–Crippen MR) is 121 cm³/mol. The molecule has 0 atom stereocenters. The molecule has 0 radical (unpaired) electrons. The summed E-state index contributed by atoms with van der Waals surface area (Å²) in [6, 6.07) is 21.3. The Bertz CT molecular complexity index is 1360. The summed E-state index contributed by atoms with van der Waals surface area (Å²) in [7, 11) is 0. The Hall–Kier alpha value is -4.39. The average molecular weight is 423 g/mol. The van der Waals surface area contributed by atoms with Crippen molar-refractivity contribution in [1.29, 1.82) is 0 Å². The molecule has 156 valence electrons. The highest BCUT2D eigenvalue weighted by Gasteiger charge is 2.10. The summed E-state index contributed by atoms with van der Waals surface area (Å²) >= 11 is 0. The van der Waals surface area contributed by atoms with E-state index < -0.39 is 0 Å². The number of benzene rings is 2. The standard InChI is InChI=1S/C25H18FN5O/c26-19-6-3-7-20(13-19)32-23-11-10-17(14-28-23)15-29-25-21-8-1-2-9-22(21)30-24(31-25)18-5-4-12-27-16-18/h1-14,16H,15H2,(H,29,30,31). The second kappa shape index (κ2) is 8.77. The number of hydrogen-bond donors (Lipinski definition) is 1. The van der Waals surface area contributed by atoms with Crippen LogP contribution in [0.4, 0.5) is 10.2 Å². The fourth-order valence-corrected chi connectivity index (χ4v) is 3.25. The van der Waals surface area contributed by atoms with E-state index in [1.807, 2.05) is 42.5 Å². The van der Waals surface area contributed by atoms with E-state index in [1.54, 1.807) is 36.8 Å². The first-order chi connectivity index (χ1) is 15.7. The largest absolute Gasteiger partial charge is 0.439 e. The van der Waals surface area contributed by atoms with E-state index in [0.29, 0.717) is 24.0 Å². The molecule has 0 aliphatic rings. The van der Waals surface area contributed by atoms with Gasteiger partial charge < -0.3 is 10.1 Å². The molecule has 0 saturated carbocycles. The SMILES string of the molecule is Fc1cccc(Oc2ccc(CNc3nc(-c4cccnc4)nc4ccccc34)cn2)c1. The molecule has 0 amide bonds. The lowest BCUT2D eigenvalue weighted by Crippen LogP contribution is -2.04. The molecule has 0 saturated heterocycles. The van der Waals surface area contributed by atoms with Crippen molar-refractivity contribution in [2.24, 2.45) is 0 Å². The first kappa shape index (κ1) is 19.6. The molecule has 0 aliphatic carbocycles. The van der Waals surface area contributed by atoms with E-state index in [0.717, 1.165) is 27.8 Å². The number of ether oxygens (including phenoxy) is 1. The van der Waals surface area contributed by atoms with Gasteiger partial charge in [-0.05, 0) is 42.0 Å². The van der Waals surface area contributed by atoms with Crippen LogP contribution < -0.4 is 10.1 Å². The molecule has 0 unspecified atom stereocenters. The molecule has 6 nitrogen and oxygen atoms in total. The summed E-state index contributed by atoms with van der Waals surface area (Å²) in [5.74, 6) is 1.78.